The standard InChI is InChI=1S/C21H15ClN4O5S/c1-12-8-17-19(28)25(15-6-2-4-13(22)9-15)21(29)24(20(17)32-12)11-18(27)23-14-5-3-7-16(10-14)26(30)31/h2-10H,11H2,1H3,(H,23,27). The number of benzene rings is 2. The van der Waals surface area contributed by atoms with Gasteiger partial charge in [-0.3, -0.25) is 24.3 Å². The fourth-order valence-electron chi connectivity index (χ4n) is 3.29. The van der Waals surface area contributed by atoms with E-state index in [1.807, 2.05) is 0 Å². The summed E-state index contributed by atoms with van der Waals surface area (Å²) in [7, 11) is 0. The average Bonchev–Trinajstić information content (AvgIpc) is 3.13. The number of nitrogens with one attached hydrogen (secondary N) is 1. The molecule has 0 saturated heterocycles. The second-order valence-corrected chi connectivity index (χ2v) is 8.59. The molecular weight excluding hydrogens is 456 g/mol. The number of non-ortho nitro benzene ring substituents is 1. The number of amides is 1. The number of carbonyl (C=O) groups is 1. The molecule has 0 aliphatic rings. The van der Waals surface area contributed by atoms with Crippen molar-refractivity contribution in [2.75, 3.05) is 5.32 Å². The van der Waals surface area contributed by atoms with E-state index in [9.17, 15) is 24.5 Å². The minimum Gasteiger partial charge on any atom is -0.324 e. The Morgan fingerprint density at radius 2 is 1.91 bits per heavy atom. The van der Waals surface area contributed by atoms with E-state index >= 15 is 0 Å². The first kappa shape index (κ1) is 21.5. The number of nitro benzene ring substituents is 1. The number of hydrogen-bond acceptors (Lipinski definition) is 6. The van der Waals surface area contributed by atoms with Gasteiger partial charge in [-0.25, -0.2) is 9.36 Å². The van der Waals surface area contributed by atoms with E-state index in [4.69, 9.17) is 11.6 Å². The van der Waals surface area contributed by atoms with Crippen LogP contribution in [0.3, 0.4) is 0 Å². The number of anilines is 1. The molecule has 0 aliphatic carbocycles. The van der Waals surface area contributed by atoms with Gasteiger partial charge in [0, 0.05) is 27.7 Å². The number of rotatable bonds is 5. The normalized spacial score (nSPS) is 10.9. The van der Waals surface area contributed by atoms with Gasteiger partial charge in [-0.05, 0) is 37.3 Å². The van der Waals surface area contributed by atoms with Crippen molar-refractivity contribution >= 4 is 50.4 Å². The number of nitrogens with zero attached hydrogens (tertiary/aromatic N) is 3. The molecule has 9 nitrogen and oxygen atoms in total. The molecule has 4 rings (SSSR count). The molecule has 0 saturated carbocycles. The predicted octanol–water partition coefficient (Wildman–Crippen LogP) is 3.72. The zero-order valence-corrected chi connectivity index (χ0v) is 18.1. The van der Waals surface area contributed by atoms with Crippen LogP contribution in [0.5, 0.6) is 0 Å². The third kappa shape index (κ3) is 4.05. The summed E-state index contributed by atoms with van der Waals surface area (Å²) in [6, 6.07) is 13.4. The Kier molecular flexibility index (Phi) is 5.64. The summed E-state index contributed by atoms with van der Waals surface area (Å²) in [4.78, 5) is 50.6. The Bertz CT molecular complexity index is 1500. The first-order chi connectivity index (χ1) is 15.2. The van der Waals surface area contributed by atoms with Gasteiger partial charge in [0.25, 0.3) is 11.2 Å². The first-order valence-electron chi connectivity index (χ1n) is 9.31. The van der Waals surface area contributed by atoms with Crippen LogP contribution in [0.2, 0.25) is 5.02 Å². The van der Waals surface area contributed by atoms with E-state index in [-0.39, 0.29) is 17.1 Å². The van der Waals surface area contributed by atoms with E-state index in [2.05, 4.69) is 5.32 Å². The Hall–Kier alpha value is -3.76. The van der Waals surface area contributed by atoms with Gasteiger partial charge < -0.3 is 5.32 Å². The molecule has 0 atom stereocenters. The van der Waals surface area contributed by atoms with Crippen molar-refractivity contribution < 1.29 is 9.72 Å². The molecule has 1 amide bonds. The van der Waals surface area contributed by atoms with E-state index in [1.165, 1.54) is 46.2 Å². The third-order valence-electron chi connectivity index (χ3n) is 4.65. The molecule has 162 valence electrons. The van der Waals surface area contributed by atoms with Crippen LogP contribution in [0.4, 0.5) is 11.4 Å². The number of hydrogen-bond donors (Lipinski definition) is 1. The number of fused-ring (bicyclic) bond motifs is 1. The number of aromatic nitrogens is 2. The zero-order chi connectivity index (χ0) is 23.0. The molecule has 4 aromatic rings. The lowest BCUT2D eigenvalue weighted by Gasteiger charge is -2.12. The summed E-state index contributed by atoms with van der Waals surface area (Å²) in [5.74, 6) is -0.573. The average molecular weight is 471 g/mol. The molecule has 0 radical (unpaired) electrons. The maximum atomic E-state index is 13.3. The molecular formula is C21H15ClN4O5S. The quantitative estimate of drug-likeness (QED) is 0.352. The highest BCUT2D eigenvalue weighted by Gasteiger charge is 2.19. The van der Waals surface area contributed by atoms with Crippen LogP contribution in [0.15, 0.2) is 64.2 Å². The molecule has 11 heteroatoms. The van der Waals surface area contributed by atoms with Crippen molar-refractivity contribution in [2.45, 2.75) is 13.5 Å². The highest BCUT2D eigenvalue weighted by atomic mass is 35.5. The van der Waals surface area contributed by atoms with Gasteiger partial charge in [-0.2, -0.15) is 0 Å². The number of nitro groups is 1. The van der Waals surface area contributed by atoms with Crippen LogP contribution in [0.25, 0.3) is 15.9 Å². The molecule has 0 spiro atoms. The van der Waals surface area contributed by atoms with Crippen molar-refractivity contribution in [1.82, 2.24) is 9.13 Å². The maximum Gasteiger partial charge on any atom is 0.337 e. The van der Waals surface area contributed by atoms with Crippen molar-refractivity contribution in [2.24, 2.45) is 0 Å². The minimum atomic E-state index is -0.694. The highest BCUT2D eigenvalue weighted by Crippen LogP contribution is 2.23. The summed E-state index contributed by atoms with van der Waals surface area (Å²) >= 11 is 7.26. The molecule has 0 fully saturated rings. The minimum absolute atomic E-state index is 0.175. The summed E-state index contributed by atoms with van der Waals surface area (Å²) in [6.07, 6.45) is 0. The zero-order valence-electron chi connectivity index (χ0n) is 16.6. The Labute approximate surface area is 189 Å². The Morgan fingerprint density at radius 3 is 2.62 bits per heavy atom. The van der Waals surface area contributed by atoms with Crippen molar-refractivity contribution in [3.63, 3.8) is 0 Å². The monoisotopic (exact) mass is 470 g/mol. The largest absolute Gasteiger partial charge is 0.337 e. The summed E-state index contributed by atoms with van der Waals surface area (Å²) < 4.78 is 2.18. The third-order valence-corrected chi connectivity index (χ3v) is 5.95. The molecule has 32 heavy (non-hydrogen) atoms. The number of aryl methyl sites for hydroxylation is 1. The highest BCUT2D eigenvalue weighted by molar-refractivity contribution is 7.18. The fraction of sp³-hybridized carbons (Fsp3) is 0.0952. The van der Waals surface area contributed by atoms with Crippen molar-refractivity contribution in [3.05, 3.63) is 95.4 Å². The van der Waals surface area contributed by atoms with Crippen LogP contribution in [-0.2, 0) is 11.3 Å². The predicted molar refractivity (Wildman–Crippen MR) is 123 cm³/mol. The molecule has 0 bridgehead atoms. The number of carbonyl (C=O) groups excluding carboxylic acids is 1. The van der Waals surface area contributed by atoms with E-state index in [0.717, 1.165) is 9.44 Å². The van der Waals surface area contributed by atoms with E-state index in [0.29, 0.717) is 15.2 Å². The Morgan fingerprint density at radius 1 is 1.16 bits per heavy atom. The molecule has 1 N–H and O–H groups in total. The van der Waals surface area contributed by atoms with Crippen LogP contribution in [0.1, 0.15) is 4.88 Å². The van der Waals surface area contributed by atoms with Gasteiger partial charge in [0.05, 0.1) is 16.0 Å². The Balaban J connectivity index is 1.79. The molecule has 2 aromatic heterocycles. The van der Waals surface area contributed by atoms with Gasteiger partial charge in [0.1, 0.15) is 11.4 Å². The van der Waals surface area contributed by atoms with E-state index < -0.39 is 28.6 Å². The van der Waals surface area contributed by atoms with Gasteiger partial charge in [0.2, 0.25) is 5.91 Å². The molecule has 0 unspecified atom stereocenters. The molecule has 2 heterocycles. The SMILES string of the molecule is Cc1cc2c(=O)n(-c3cccc(Cl)c3)c(=O)n(CC(=O)Nc3cccc([N+](=O)[O-])c3)c2s1. The maximum absolute atomic E-state index is 13.3. The summed E-state index contributed by atoms with van der Waals surface area (Å²) in [5, 5.41) is 14.2. The summed E-state index contributed by atoms with van der Waals surface area (Å²) in [6.45, 7) is 1.41. The van der Waals surface area contributed by atoms with Crippen LogP contribution < -0.4 is 16.6 Å². The van der Waals surface area contributed by atoms with Gasteiger partial charge in [0.15, 0.2) is 0 Å². The number of halogens is 1. The van der Waals surface area contributed by atoms with E-state index in [1.54, 1.807) is 31.2 Å². The van der Waals surface area contributed by atoms with Gasteiger partial charge >= 0.3 is 5.69 Å². The fourth-order valence-corrected chi connectivity index (χ4v) is 4.47. The smallest absolute Gasteiger partial charge is 0.324 e. The van der Waals surface area contributed by atoms with Gasteiger partial charge in [-0.1, -0.05) is 23.7 Å². The molecule has 2 aromatic carbocycles. The lowest BCUT2D eigenvalue weighted by atomic mass is 10.3. The van der Waals surface area contributed by atoms with Crippen molar-refractivity contribution in [3.8, 4) is 5.69 Å². The lowest BCUT2D eigenvalue weighted by Crippen LogP contribution is -2.40. The second-order valence-electron chi connectivity index (χ2n) is 6.92. The topological polar surface area (TPSA) is 116 Å². The van der Waals surface area contributed by atoms with Crippen LogP contribution in [-0.4, -0.2) is 20.0 Å². The molecule has 0 aliphatic heterocycles. The van der Waals surface area contributed by atoms with Crippen LogP contribution in [0, 0.1) is 17.0 Å². The first-order valence-corrected chi connectivity index (χ1v) is 10.5. The van der Waals surface area contributed by atoms with Gasteiger partial charge in [-0.15, -0.1) is 11.3 Å². The summed E-state index contributed by atoms with van der Waals surface area (Å²) in [5.41, 5.74) is -0.872. The lowest BCUT2D eigenvalue weighted by molar-refractivity contribution is -0.384. The number of thiophene rings is 1. The van der Waals surface area contributed by atoms with Crippen molar-refractivity contribution in [1.29, 1.82) is 0 Å². The second kappa shape index (κ2) is 8.40. The van der Waals surface area contributed by atoms with Crippen LogP contribution >= 0.6 is 22.9 Å².